The van der Waals surface area contributed by atoms with Crippen molar-refractivity contribution in [2.75, 3.05) is 5.32 Å². The molecule has 1 amide bonds. The van der Waals surface area contributed by atoms with Gasteiger partial charge in [0.1, 0.15) is 5.69 Å². The summed E-state index contributed by atoms with van der Waals surface area (Å²) in [6.07, 6.45) is -0.538. The normalized spacial score (nSPS) is 16.1. The number of alkyl halides is 3. The Labute approximate surface area is 160 Å². The van der Waals surface area contributed by atoms with Crippen molar-refractivity contribution in [3.63, 3.8) is 0 Å². The molecular formula is C18H20F3N3O3S. The van der Waals surface area contributed by atoms with Gasteiger partial charge >= 0.3 is 6.18 Å². The lowest BCUT2D eigenvalue weighted by atomic mass is 10.0. The highest BCUT2D eigenvalue weighted by molar-refractivity contribution is 7.92. The van der Waals surface area contributed by atoms with E-state index in [1.165, 1.54) is 31.3 Å². The molecular weight excluding hydrogens is 395 g/mol. The number of hydrogen-bond donors (Lipinski definition) is 1. The smallest absolute Gasteiger partial charge is 0.321 e. The van der Waals surface area contributed by atoms with E-state index in [0.29, 0.717) is 18.9 Å². The lowest BCUT2D eigenvalue weighted by molar-refractivity contribution is -0.141. The molecule has 1 saturated carbocycles. The van der Waals surface area contributed by atoms with E-state index in [2.05, 4.69) is 10.4 Å². The fourth-order valence-electron chi connectivity index (χ4n) is 3.31. The number of halogens is 3. The van der Waals surface area contributed by atoms with Gasteiger partial charge in [0.2, 0.25) is 0 Å². The molecule has 152 valence electrons. The standard InChI is InChI=1S/C18H20F3N3O3S/c1-24-15(11-16(23-24)18(19,20)21)17(25)22-12-7-9-14(10-8-12)28(26,27)13-5-3-2-4-6-13/h7-11,13H,2-6H2,1H3,(H,22,25). The van der Waals surface area contributed by atoms with Gasteiger partial charge in [-0.05, 0) is 37.1 Å². The van der Waals surface area contributed by atoms with Crippen LogP contribution in [0.15, 0.2) is 35.2 Å². The highest BCUT2D eigenvalue weighted by atomic mass is 32.2. The quantitative estimate of drug-likeness (QED) is 0.824. The average molecular weight is 415 g/mol. The second kappa shape index (κ2) is 7.57. The summed E-state index contributed by atoms with van der Waals surface area (Å²) in [5.41, 5.74) is -1.14. The van der Waals surface area contributed by atoms with Crippen LogP contribution < -0.4 is 5.32 Å². The fourth-order valence-corrected chi connectivity index (χ4v) is 5.16. The maximum absolute atomic E-state index is 12.7. The third-order valence-electron chi connectivity index (χ3n) is 4.83. The van der Waals surface area contributed by atoms with Crippen LogP contribution in [0.2, 0.25) is 0 Å². The number of amides is 1. The van der Waals surface area contributed by atoms with Crippen molar-refractivity contribution in [1.29, 1.82) is 0 Å². The van der Waals surface area contributed by atoms with Crippen molar-refractivity contribution >= 4 is 21.4 Å². The molecule has 0 unspecified atom stereocenters. The highest BCUT2D eigenvalue weighted by Gasteiger charge is 2.35. The van der Waals surface area contributed by atoms with Crippen LogP contribution >= 0.6 is 0 Å². The van der Waals surface area contributed by atoms with Crippen LogP contribution in [0.3, 0.4) is 0 Å². The topological polar surface area (TPSA) is 81.1 Å². The third-order valence-corrected chi connectivity index (χ3v) is 7.11. The molecule has 1 aromatic heterocycles. The Bertz CT molecular complexity index is 960. The fraction of sp³-hybridized carbons (Fsp3) is 0.444. The van der Waals surface area contributed by atoms with E-state index in [1.54, 1.807) is 0 Å². The van der Waals surface area contributed by atoms with E-state index in [-0.39, 0.29) is 16.3 Å². The first-order chi connectivity index (χ1) is 13.1. The van der Waals surface area contributed by atoms with Crippen molar-refractivity contribution in [3.05, 3.63) is 41.7 Å². The first-order valence-corrected chi connectivity index (χ1v) is 10.4. The molecule has 1 N–H and O–H groups in total. The molecule has 0 saturated heterocycles. The van der Waals surface area contributed by atoms with Crippen molar-refractivity contribution in [2.24, 2.45) is 7.05 Å². The monoisotopic (exact) mass is 415 g/mol. The maximum Gasteiger partial charge on any atom is 0.435 e. The van der Waals surface area contributed by atoms with Gasteiger partial charge < -0.3 is 5.32 Å². The number of nitrogens with zero attached hydrogens (tertiary/aromatic N) is 2. The molecule has 0 atom stereocenters. The number of aryl methyl sites for hydroxylation is 1. The molecule has 1 heterocycles. The highest BCUT2D eigenvalue weighted by Crippen LogP contribution is 2.30. The first-order valence-electron chi connectivity index (χ1n) is 8.85. The Morgan fingerprint density at radius 1 is 1.14 bits per heavy atom. The van der Waals surface area contributed by atoms with E-state index in [1.807, 2.05) is 0 Å². The van der Waals surface area contributed by atoms with Crippen LogP contribution in [-0.2, 0) is 23.1 Å². The van der Waals surface area contributed by atoms with Gasteiger partial charge in [-0.15, -0.1) is 0 Å². The third kappa shape index (κ3) is 4.21. The van der Waals surface area contributed by atoms with E-state index in [4.69, 9.17) is 0 Å². The Balaban J connectivity index is 1.74. The summed E-state index contributed by atoms with van der Waals surface area (Å²) in [5, 5.41) is 5.36. The molecule has 1 fully saturated rings. The van der Waals surface area contributed by atoms with Gasteiger partial charge in [0, 0.05) is 18.8 Å². The Hall–Kier alpha value is -2.36. The zero-order valence-electron chi connectivity index (χ0n) is 15.2. The van der Waals surface area contributed by atoms with Gasteiger partial charge in [0.15, 0.2) is 15.5 Å². The number of aromatic nitrogens is 2. The summed E-state index contributed by atoms with van der Waals surface area (Å²) in [6.45, 7) is 0. The molecule has 0 aliphatic heterocycles. The molecule has 0 spiro atoms. The Morgan fingerprint density at radius 3 is 2.29 bits per heavy atom. The molecule has 0 radical (unpaired) electrons. The molecule has 1 aromatic carbocycles. The van der Waals surface area contributed by atoms with Crippen LogP contribution in [0.4, 0.5) is 18.9 Å². The van der Waals surface area contributed by atoms with Crippen LogP contribution in [-0.4, -0.2) is 29.4 Å². The molecule has 0 bridgehead atoms. The zero-order chi connectivity index (χ0) is 20.5. The molecule has 10 heteroatoms. The van der Waals surface area contributed by atoms with Crippen LogP contribution in [0.5, 0.6) is 0 Å². The zero-order valence-corrected chi connectivity index (χ0v) is 16.0. The number of anilines is 1. The molecule has 6 nitrogen and oxygen atoms in total. The lowest BCUT2D eigenvalue weighted by Crippen LogP contribution is -2.24. The van der Waals surface area contributed by atoms with Crippen molar-refractivity contribution in [2.45, 2.75) is 48.4 Å². The second-order valence-electron chi connectivity index (χ2n) is 6.82. The largest absolute Gasteiger partial charge is 0.435 e. The summed E-state index contributed by atoms with van der Waals surface area (Å²) in [7, 11) is -2.19. The number of sulfone groups is 1. The molecule has 1 aliphatic rings. The van der Waals surface area contributed by atoms with Crippen LogP contribution in [0.1, 0.15) is 48.3 Å². The van der Waals surface area contributed by atoms with Gasteiger partial charge in [-0.1, -0.05) is 19.3 Å². The summed E-state index contributed by atoms with van der Waals surface area (Å²) < 4.78 is 64.4. The Morgan fingerprint density at radius 2 is 1.75 bits per heavy atom. The van der Waals surface area contributed by atoms with Crippen molar-refractivity contribution < 1.29 is 26.4 Å². The van der Waals surface area contributed by atoms with Crippen LogP contribution in [0, 0.1) is 0 Å². The SMILES string of the molecule is Cn1nc(C(F)(F)F)cc1C(=O)Nc1ccc(S(=O)(=O)C2CCCCC2)cc1. The van der Waals surface area contributed by atoms with E-state index < -0.39 is 32.9 Å². The number of carbonyl (C=O) groups excluding carboxylic acids is 1. The lowest BCUT2D eigenvalue weighted by Gasteiger charge is -2.21. The van der Waals surface area contributed by atoms with Crippen molar-refractivity contribution in [3.8, 4) is 0 Å². The minimum Gasteiger partial charge on any atom is -0.321 e. The summed E-state index contributed by atoms with van der Waals surface area (Å²) in [4.78, 5) is 12.4. The van der Waals surface area contributed by atoms with E-state index >= 15 is 0 Å². The van der Waals surface area contributed by atoms with Gasteiger partial charge in [-0.2, -0.15) is 18.3 Å². The number of carbonyl (C=O) groups is 1. The molecule has 1 aliphatic carbocycles. The van der Waals surface area contributed by atoms with Crippen LogP contribution in [0.25, 0.3) is 0 Å². The predicted molar refractivity (Wildman–Crippen MR) is 96.7 cm³/mol. The summed E-state index contributed by atoms with van der Waals surface area (Å²) >= 11 is 0. The van der Waals surface area contributed by atoms with Gasteiger partial charge in [-0.25, -0.2) is 8.42 Å². The van der Waals surface area contributed by atoms with E-state index in [0.717, 1.165) is 23.9 Å². The van der Waals surface area contributed by atoms with Gasteiger partial charge in [0.05, 0.1) is 10.1 Å². The second-order valence-corrected chi connectivity index (χ2v) is 9.05. The predicted octanol–water partition coefficient (Wildman–Crippen LogP) is 3.80. The number of hydrogen-bond acceptors (Lipinski definition) is 4. The summed E-state index contributed by atoms with van der Waals surface area (Å²) in [5.74, 6) is -0.770. The molecule has 3 rings (SSSR count). The molecule has 2 aromatic rings. The maximum atomic E-state index is 12.7. The molecule has 28 heavy (non-hydrogen) atoms. The Kier molecular flexibility index (Phi) is 5.51. The number of nitrogens with one attached hydrogen (secondary N) is 1. The minimum absolute atomic E-state index is 0.178. The number of rotatable bonds is 4. The van der Waals surface area contributed by atoms with E-state index in [9.17, 15) is 26.4 Å². The minimum atomic E-state index is -4.65. The number of benzene rings is 1. The van der Waals surface area contributed by atoms with Gasteiger partial charge in [0.25, 0.3) is 5.91 Å². The van der Waals surface area contributed by atoms with Gasteiger partial charge in [-0.3, -0.25) is 9.48 Å². The average Bonchev–Trinajstić information content (AvgIpc) is 3.05. The summed E-state index contributed by atoms with van der Waals surface area (Å²) in [6, 6.07) is 6.33. The van der Waals surface area contributed by atoms with Crippen molar-refractivity contribution in [1.82, 2.24) is 9.78 Å². The first kappa shape index (κ1) is 20.4.